The summed E-state index contributed by atoms with van der Waals surface area (Å²) in [6, 6.07) is 116. The van der Waals surface area contributed by atoms with Crippen LogP contribution in [0.2, 0.25) is 0 Å². The van der Waals surface area contributed by atoms with Crippen LogP contribution in [0.1, 0.15) is 0 Å². The maximum absolute atomic E-state index is 6.80. The molecule has 4 heterocycles. The predicted molar refractivity (Wildman–Crippen MR) is 402 cm³/mol. The molecule has 438 valence electrons. The molecule has 0 amide bonds. The molecule has 4 nitrogen and oxygen atoms in total. The first-order valence-corrected chi connectivity index (χ1v) is 33.6. The number of rotatable bonds is 9. The van der Waals surface area contributed by atoms with Gasteiger partial charge in [-0.1, -0.05) is 218 Å². The zero-order valence-electron chi connectivity index (χ0n) is 50.5. The maximum atomic E-state index is 6.80. The van der Waals surface area contributed by atoms with E-state index in [9.17, 15) is 0 Å². The van der Waals surface area contributed by atoms with Crippen LogP contribution in [0.15, 0.2) is 324 Å². The van der Waals surface area contributed by atoms with Gasteiger partial charge in [-0.3, -0.25) is 0 Å². The summed E-state index contributed by atoms with van der Waals surface area (Å²) >= 11 is 3.74. The number of thiophene rings is 2. The van der Waals surface area contributed by atoms with Crippen molar-refractivity contribution < 1.29 is 8.83 Å². The van der Waals surface area contributed by atoms with E-state index in [2.05, 4.69) is 319 Å². The van der Waals surface area contributed by atoms with E-state index >= 15 is 0 Å². The second kappa shape index (κ2) is 20.9. The smallest absolute Gasteiger partial charge is 0.143 e. The lowest BCUT2D eigenvalue weighted by Gasteiger charge is -2.31. The van der Waals surface area contributed by atoms with Crippen molar-refractivity contribution >= 4 is 184 Å². The van der Waals surface area contributed by atoms with Gasteiger partial charge in [-0.15, -0.1) is 22.7 Å². The van der Waals surface area contributed by atoms with Gasteiger partial charge in [0.2, 0.25) is 0 Å². The number of furan rings is 2. The molecule has 4 aromatic heterocycles. The standard InChI is InChI=1S/C88H52N2O2S2/c1-2-21-58(22-3-1)90(79-49-55-19-4-5-24-63(55)66-25-6-9-28-69(66)79)62-47-57(53-39-42-72-71-30-13-15-38-83(71)93-84(72)50-53)46-61(51-62)89(60-41-44-81-77(52-60)70-29-12-14-37-80(70)91-81)59-23-16-20-54(45-59)64-33-17-35-75-76-36-18-34-65(88(76)94-87(64)75)56-40-43-82-78(48-56)85-73-31-10-7-26-67(73)68-27-8-11-32-74(68)86(85)92-82/h1-52H. The Labute approximate surface area is 547 Å². The Morgan fingerprint density at radius 3 is 1.57 bits per heavy atom. The van der Waals surface area contributed by atoms with E-state index in [1.165, 1.54) is 89.2 Å². The van der Waals surface area contributed by atoms with Gasteiger partial charge in [0.1, 0.15) is 22.3 Å². The SMILES string of the molecule is c1ccc(N(c2cc(-c3ccc4c(c3)sc3ccccc34)cc(N(c3cccc(-c4cccc5c4sc4c(-c6ccc7oc8c9ccccc9c9ccccc9c8c7c6)cccc45)c3)c3ccc4oc5ccccc5c4c3)c2)c2cc3ccccc3c3ccccc23)cc1. The van der Waals surface area contributed by atoms with Crippen molar-refractivity contribution in [1.82, 2.24) is 0 Å². The molecule has 0 aliphatic heterocycles. The van der Waals surface area contributed by atoms with E-state index in [0.717, 1.165) is 106 Å². The second-order valence-electron chi connectivity index (χ2n) is 24.6. The highest BCUT2D eigenvalue weighted by Gasteiger charge is 2.25. The Bertz CT molecular complexity index is 6530. The van der Waals surface area contributed by atoms with E-state index in [-0.39, 0.29) is 0 Å². The van der Waals surface area contributed by atoms with Gasteiger partial charge in [0.25, 0.3) is 0 Å². The number of anilines is 6. The number of fused-ring (bicyclic) bond motifs is 20. The lowest BCUT2D eigenvalue weighted by molar-refractivity contribution is 0.669. The van der Waals surface area contributed by atoms with Crippen molar-refractivity contribution in [1.29, 1.82) is 0 Å². The third kappa shape index (κ3) is 8.23. The highest BCUT2D eigenvalue weighted by molar-refractivity contribution is 7.27. The molecule has 0 bridgehead atoms. The summed E-state index contributed by atoms with van der Waals surface area (Å²) in [4.78, 5) is 4.93. The van der Waals surface area contributed by atoms with Gasteiger partial charge >= 0.3 is 0 Å². The summed E-state index contributed by atoms with van der Waals surface area (Å²) in [5.41, 5.74) is 16.7. The van der Waals surface area contributed by atoms with Crippen LogP contribution in [0.4, 0.5) is 34.1 Å². The molecule has 0 aliphatic carbocycles. The molecular formula is C88H52N2O2S2. The minimum atomic E-state index is 0.846. The van der Waals surface area contributed by atoms with Gasteiger partial charge in [0.05, 0.1) is 5.69 Å². The highest BCUT2D eigenvalue weighted by Crippen LogP contribution is 2.51. The van der Waals surface area contributed by atoms with Crippen molar-refractivity contribution in [3.05, 3.63) is 315 Å². The Hall–Kier alpha value is -11.8. The topological polar surface area (TPSA) is 32.8 Å². The minimum absolute atomic E-state index is 0.846. The third-order valence-electron chi connectivity index (χ3n) is 19.3. The molecule has 0 fully saturated rings. The zero-order valence-corrected chi connectivity index (χ0v) is 52.2. The van der Waals surface area contributed by atoms with Crippen LogP contribution < -0.4 is 9.80 Å². The van der Waals surface area contributed by atoms with Crippen LogP contribution in [0.25, 0.3) is 161 Å². The molecule has 0 saturated heterocycles. The molecule has 0 unspecified atom stereocenters. The molecule has 94 heavy (non-hydrogen) atoms. The molecule has 0 radical (unpaired) electrons. The number of benzene rings is 16. The Morgan fingerprint density at radius 2 is 0.777 bits per heavy atom. The van der Waals surface area contributed by atoms with Crippen molar-refractivity contribution in [2.24, 2.45) is 0 Å². The summed E-state index contributed by atoms with van der Waals surface area (Å²) in [7, 11) is 0. The summed E-state index contributed by atoms with van der Waals surface area (Å²) in [5, 5.41) is 19.0. The Morgan fingerprint density at radius 1 is 0.234 bits per heavy atom. The fourth-order valence-corrected chi connectivity index (χ4v) is 17.6. The molecular weight excluding hydrogens is 1180 g/mol. The van der Waals surface area contributed by atoms with Crippen molar-refractivity contribution in [2.45, 2.75) is 0 Å². The van der Waals surface area contributed by atoms with Gasteiger partial charge in [0.15, 0.2) is 0 Å². The van der Waals surface area contributed by atoms with E-state index in [1.807, 2.05) is 28.7 Å². The quantitative estimate of drug-likeness (QED) is 0.135. The van der Waals surface area contributed by atoms with E-state index in [0.29, 0.717) is 0 Å². The molecule has 20 rings (SSSR count). The van der Waals surface area contributed by atoms with Gasteiger partial charge in [0, 0.05) is 101 Å². The van der Waals surface area contributed by atoms with E-state index < -0.39 is 0 Å². The molecule has 20 aromatic rings. The normalized spacial score (nSPS) is 12.0. The van der Waals surface area contributed by atoms with Gasteiger partial charge < -0.3 is 18.6 Å². The predicted octanol–water partition coefficient (Wildman–Crippen LogP) is 26.8. The number of para-hydroxylation sites is 2. The van der Waals surface area contributed by atoms with Gasteiger partial charge in [-0.25, -0.2) is 0 Å². The Kier molecular flexibility index (Phi) is 11.7. The van der Waals surface area contributed by atoms with Crippen LogP contribution in [0.5, 0.6) is 0 Å². The molecule has 0 spiro atoms. The van der Waals surface area contributed by atoms with Crippen LogP contribution >= 0.6 is 22.7 Å². The lowest BCUT2D eigenvalue weighted by Crippen LogP contribution is -2.14. The lowest BCUT2D eigenvalue weighted by atomic mass is 9.95. The summed E-state index contributed by atoms with van der Waals surface area (Å²) in [5.74, 6) is 0. The van der Waals surface area contributed by atoms with Crippen LogP contribution in [0.3, 0.4) is 0 Å². The first kappa shape index (κ1) is 52.9. The van der Waals surface area contributed by atoms with Crippen LogP contribution in [0, 0.1) is 0 Å². The molecule has 16 aromatic carbocycles. The molecule has 0 N–H and O–H groups in total. The van der Waals surface area contributed by atoms with Crippen molar-refractivity contribution in [3.8, 4) is 33.4 Å². The largest absolute Gasteiger partial charge is 0.456 e. The third-order valence-corrected chi connectivity index (χ3v) is 21.8. The molecule has 0 aliphatic rings. The summed E-state index contributed by atoms with van der Waals surface area (Å²) in [6.07, 6.45) is 0. The van der Waals surface area contributed by atoms with Crippen molar-refractivity contribution in [2.75, 3.05) is 9.80 Å². The monoisotopic (exact) mass is 1230 g/mol. The minimum Gasteiger partial charge on any atom is -0.456 e. The average molecular weight is 1230 g/mol. The van der Waals surface area contributed by atoms with Crippen LogP contribution in [-0.4, -0.2) is 0 Å². The average Bonchev–Trinajstić information content (AvgIpc) is 1.38. The molecule has 6 heteroatoms. The van der Waals surface area contributed by atoms with Gasteiger partial charge in [-0.05, 0) is 163 Å². The second-order valence-corrected chi connectivity index (χ2v) is 26.7. The number of nitrogens with zero attached hydrogens (tertiary/aromatic N) is 2. The molecule has 0 saturated carbocycles. The number of hydrogen-bond acceptors (Lipinski definition) is 6. The fraction of sp³-hybridized carbons (Fsp3) is 0. The molecule has 0 atom stereocenters. The van der Waals surface area contributed by atoms with E-state index in [4.69, 9.17) is 8.83 Å². The Balaban J connectivity index is 0.800. The van der Waals surface area contributed by atoms with Crippen molar-refractivity contribution in [3.63, 3.8) is 0 Å². The maximum Gasteiger partial charge on any atom is 0.143 e. The first-order chi connectivity index (χ1) is 46.6. The highest BCUT2D eigenvalue weighted by atomic mass is 32.1. The van der Waals surface area contributed by atoms with Gasteiger partial charge in [-0.2, -0.15) is 0 Å². The van der Waals surface area contributed by atoms with E-state index in [1.54, 1.807) is 0 Å². The van der Waals surface area contributed by atoms with Crippen LogP contribution in [-0.2, 0) is 0 Å². The summed E-state index contributed by atoms with van der Waals surface area (Å²) < 4.78 is 18.4. The zero-order chi connectivity index (χ0) is 61.5. The first-order valence-electron chi connectivity index (χ1n) is 31.9. The summed E-state index contributed by atoms with van der Waals surface area (Å²) in [6.45, 7) is 0. The fourth-order valence-electron chi connectivity index (χ4n) is 15.1. The number of hydrogen-bond donors (Lipinski definition) is 0.